The summed E-state index contributed by atoms with van der Waals surface area (Å²) in [5.74, 6) is 1.20. The largest absolute Gasteiger partial charge is 0.332 e. The topological polar surface area (TPSA) is 41.6 Å². The molecule has 108 valence electrons. The quantitative estimate of drug-likeness (QED) is 0.729. The zero-order valence-electron chi connectivity index (χ0n) is 13.5. The van der Waals surface area contributed by atoms with E-state index in [-0.39, 0.29) is 22.9 Å². The predicted octanol–water partition coefficient (Wildman–Crippen LogP) is 3.17. The second-order valence-corrected chi connectivity index (χ2v) is 8.06. The van der Waals surface area contributed by atoms with Crippen molar-refractivity contribution in [1.82, 2.24) is 4.90 Å². The van der Waals surface area contributed by atoms with Gasteiger partial charge >= 0.3 is 0 Å². The molecule has 0 spiro atoms. The van der Waals surface area contributed by atoms with E-state index in [0.29, 0.717) is 0 Å². The molecule has 0 radical (unpaired) electrons. The predicted molar refractivity (Wildman–Crippen MR) is 82.1 cm³/mol. The summed E-state index contributed by atoms with van der Waals surface area (Å²) in [7, 11) is 0. The fraction of sp³-hybridized carbons (Fsp3) is 0.812. The van der Waals surface area contributed by atoms with Gasteiger partial charge < -0.3 is 10.6 Å². The normalized spacial score (nSPS) is 28.6. The van der Waals surface area contributed by atoms with Gasteiger partial charge in [0.05, 0.1) is 6.04 Å². The number of hydrogen-bond acceptors (Lipinski definition) is 3. The van der Waals surface area contributed by atoms with Crippen molar-refractivity contribution in [3.63, 3.8) is 0 Å². The molecule has 0 unspecified atom stereocenters. The van der Waals surface area contributed by atoms with E-state index in [9.17, 15) is 0 Å². The van der Waals surface area contributed by atoms with Crippen LogP contribution in [0, 0.1) is 10.8 Å². The van der Waals surface area contributed by atoms with Crippen molar-refractivity contribution in [1.29, 1.82) is 0 Å². The van der Waals surface area contributed by atoms with Gasteiger partial charge in [0.15, 0.2) is 0 Å². The number of fused-ring (bicyclic) bond motifs is 1. The van der Waals surface area contributed by atoms with Gasteiger partial charge in [0.25, 0.3) is 0 Å². The lowest BCUT2D eigenvalue weighted by Crippen LogP contribution is -2.44. The average molecular weight is 263 g/mol. The number of amidine groups is 1. The highest BCUT2D eigenvalue weighted by Crippen LogP contribution is 2.42. The Labute approximate surface area is 118 Å². The van der Waals surface area contributed by atoms with Crippen LogP contribution in [0.25, 0.3) is 0 Å². The molecule has 2 aliphatic rings. The van der Waals surface area contributed by atoms with Gasteiger partial charge in [-0.1, -0.05) is 41.5 Å². The minimum atomic E-state index is 0.0764. The Hall–Kier alpha value is -0.830. The minimum Gasteiger partial charge on any atom is -0.332 e. The third-order valence-corrected chi connectivity index (χ3v) is 3.98. The molecule has 2 heterocycles. The van der Waals surface area contributed by atoms with Crippen LogP contribution < -0.4 is 5.73 Å². The first kappa shape index (κ1) is 14.6. The number of hydrogen-bond donors (Lipinski definition) is 1. The van der Waals surface area contributed by atoms with E-state index in [1.54, 1.807) is 0 Å². The van der Waals surface area contributed by atoms with Gasteiger partial charge in [-0.25, -0.2) is 0 Å². The molecule has 0 aromatic carbocycles. The maximum Gasteiger partial charge on any atom is 0.109 e. The average Bonchev–Trinajstić information content (AvgIpc) is 2.53. The van der Waals surface area contributed by atoms with Crippen LogP contribution in [-0.4, -0.2) is 29.4 Å². The van der Waals surface area contributed by atoms with E-state index in [0.717, 1.165) is 13.0 Å². The van der Waals surface area contributed by atoms with E-state index in [1.807, 2.05) is 0 Å². The summed E-state index contributed by atoms with van der Waals surface area (Å²) in [6, 6.07) is 0.510. The molecule has 0 bridgehead atoms. The van der Waals surface area contributed by atoms with Crippen molar-refractivity contribution in [2.24, 2.45) is 21.6 Å². The Balaban J connectivity index is 2.52. The van der Waals surface area contributed by atoms with Gasteiger partial charge in [-0.3, -0.25) is 4.99 Å². The van der Waals surface area contributed by atoms with Crippen molar-refractivity contribution >= 4 is 5.84 Å². The van der Waals surface area contributed by atoms with Crippen LogP contribution in [0.1, 0.15) is 54.9 Å². The lowest BCUT2D eigenvalue weighted by Gasteiger charge is -2.41. The molecule has 2 N–H and O–H groups in total. The first-order valence-corrected chi connectivity index (χ1v) is 7.36. The standard InChI is InChI=1S/C16H29N3/c1-10-13(15(2,3)4)12-8-11(17)9-19(12)14(18-10)16(5,6)7/h10-11H,8-9,17H2,1-7H3/t10-,11-/m0/s1. The molecule has 0 aromatic heterocycles. The third-order valence-electron chi connectivity index (χ3n) is 3.98. The summed E-state index contributed by atoms with van der Waals surface area (Å²) in [6.07, 6.45) is 0.992. The zero-order chi connectivity index (χ0) is 14.6. The number of aliphatic imine (C=N–C) groups is 1. The molecule has 3 nitrogen and oxygen atoms in total. The summed E-state index contributed by atoms with van der Waals surface area (Å²) in [6.45, 7) is 16.7. The van der Waals surface area contributed by atoms with E-state index >= 15 is 0 Å². The molecule has 1 saturated heterocycles. The zero-order valence-corrected chi connectivity index (χ0v) is 13.5. The molecule has 0 aromatic rings. The van der Waals surface area contributed by atoms with Crippen LogP contribution in [0.15, 0.2) is 16.3 Å². The fourth-order valence-electron chi connectivity index (χ4n) is 3.45. The summed E-state index contributed by atoms with van der Waals surface area (Å²) >= 11 is 0. The number of rotatable bonds is 0. The maximum absolute atomic E-state index is 6.22. The molecule has 0 amide bonds. The van der Waals surface area contributed by atoms with Crippen LogP contribution in [-0.2, 0) is 0 Å². The molecule has 0 saturated carbocycles. The summed E-state index contributed by atoms with van der Waals surface area (Å²) in [4.78, 5) is 7.40. The molecular weight excluding hydrogens is 234 g/mol. The van der Waals surface area contributed by atoms with Crippen molar-refractivity contribution in [2.45, 2.75) is 67.0 Å². The fourth-order valence-corrected chi connectivity index (χ4v) is 3.45. The third kappa shape index (κ3) is 2.58. The van der Waals surface area contributed by atoms with Crippen LogP contribution >= 0.6 is 0 Å². The molecule has 1 fully saturated rings. The van der Waals surface area contributed by atoms with Crippen LogP contribution in [0.4, 0.5) is 0 Å². The molecular formula is C16H29N3. The highest BCUT2D eigenvalue weighted by Gasteiger charge is 2.41. The van der Waals surface area contributed by atoms with E-state index in [4.69, 9.17) is 10.7 Å². The van der Waals surface area contributed by atoms with Crippen molar-refractivity contribution in [2.75, 3.05) is 6.54 Å². The first-order chi connectivity index (χ1) is 8.51. The SMILES string of the molecule is C[C@@H]1N=C(C(C)(C)C)N2C[C@@H](N)CC2=C1C(C)(C)C. The van der Waals surface area contributed by atoms with E-state index in [1.165, 1.54) is 17.1 Å². The Morgan fingerprint density at radius 2 is 1.68 bits per heavy atom. The van der Waals surface area contributed by atoms with Gasteiger partial charge in [-0.05, 0) is 17.9 Å². The Kier molecular flexibility index (Phi) is 3.33. The molecule has 2 aliphatic heterocycles. The summed E-state index contributed by atoms with van der Waals surface area (Å²) in [5.41, 5.74) is 9.36. The summed E-state index contributed by atoms with van der Waals surface area (Å²) in [5, 5.41) is 0. The second-order valence-electron chi connectivity index (χ2n) is 8.06. The summed E-state index contributed by atoms with van der Waals surface area (Å²) < 4.78 is 0. The second kappa shape index (κ2) is 4.34. The smallest absolute Gasteiger partial charge is 0.109 e. The van der Waals surface area contributed by atoms with Gasteiger partial charge in [0.1, 0.15) is 5.84 Å². The van der Waals surface area contributed by atoms with Gasteiger partial charge in [-0.15, -0.1) is 0 Å². The van der Waals surface area contributed by atoms with Gasteiger partial charge in [-0.2, -0.15) is 0 Å². The van der Waals surface area contributed by atoms with E-state index in [2.05, 4.69) is 53.4 Å². The van der Waals surface area contributed by atoms with E-state index < -0.39 is 0 Å². The van der Waals surface area contributed by atoms with Crippen LogP contribution in [0.3, 0.4) is 0 Å². The highest BCUT2D eigenvalue weighted by molar-refractivity contribution is 5.90. The van der Waals surface area contributed by atoms with Crippen molar-refractivity contribution in [3.8, 4) is 0 Å². The lowest BCUT2D eigenvalue weighted by atomic mass is 9.79. The molecule has 19 heavy (non-hydrogen) atoms. The molecule has 2 rings (SSSR count). The molecule has 0 aliphatic carbocycles. The Bertz CT molecular complexity index is 432. The molecule has 2 atom stereocenters. The highest BCUT2D eigenvalue weighted by atomic mass is 15.3. The number of nitrogens with two attached hydrogens (primary N) is 1. The van der Waals surface area contributed by atoms with Crippen LogP contribution in [0.2, 0.25) is 0 Å². The maximum atomic E-state index is 6.22. The Morgan fingerprint density at radius 1 is 1.11 bits per heavy atom. The Morgan fingerprint density at radius 3 is 2.16 bits per heavy atom. The minimum absolute atomic E-state index is 0.0764. The first-order valence-electron chi connectivity index (χ1n) is 7.36. The number of nitrogens with zero attached hydrogens (tertiary/aromatic N) is 2. The molecule has 3 heteroatoms. The van der Waals surface area contributed by atoms with Crippen molar-refractivity contribution < 1.29 is 0 Å². The lowest BCUT2D eigenvalue weighted by molar-refractivity contribution is 0.395. The van der Waals surface area contributed by atoms with Gasteiger partial charge in [0, 0.05) is 30.1 Å². The van der Waals surface area contributed by atoms with Crippen LogP contribution in [0.5, 0.6) is 0 Å². The van der Waals surface area contributed by atoms with Crippen molar-refractivity contribution in [3.05, 3.63) is 11.3 Å². The monoisotopic (exact) mass is 263 g/mol. The van der Waals surface area contributed by atoms with Gasteiger partial charge in [0.2, 0.25) is 0 Å².